The highest BCUT2D eigenvalue weighted by molar-refractivity contribution is 7.11. The monoisotopic (exact) mass is 275 g/mol. The van der Waals surface area contributed by atoms with Gasteiger partial charge in [0.25, 0.3) is 5.91 Å². The van der Waals surface area contributed by atoms with Crippen molar-refractivity contribution < 1.29 is 4.79 Å². The van der Waals surface area contributed by atoms with Crippen molar-refractivity contribution in [1.29, 1.82) is 0 Å². The summed E-state index contributed by atoms with van der Waals surface area (Å²) in [7, 11) is 1.81. The maximum Gasteiger partial charge on any atom is 0.253 e. The number of rotatable bonds is 5. The molecular formula is C14H17N3OS. The van der Waals surface area contributed by atoms with Crippen LogP contribution in [0, 0.1) is 0 Å². The zero-order chi connectivity index (χ0) is 13.7. The third-order valence-electron chi connectivity index (χ3n) is 2.79. The van der Waals surface area contributed by atoms with Crippen LogP contribution in [0.15, 0.2) is 30.5 Å². The van der Waals surface area contributed by atoms with Crippen molar-refractivity contribution in [2.45, 2.75) is 19.9 Å². The van der Waals surface area contributed by atoms with E-state index in [-0.39, 0.29) is 5.91 Å². The number of benzene rings is 1. The van der Waals surface area contributed by atoms with Crippen LogP contribution in [0.25, 0.3) is 0 Å². The lowest BCUT2D eigenvalue weighted by atomic mass is 10.1. The van der Waals surface area contributed by atoms with Gasteiger partial charge in [0.05, 0.1) is 12.1 Å². The number of hydrogen-bond donors (Lipinski definition) is 2. The summed E-state index contributed by atoms with van der Waals surface area (Å²) in [4.78, 5) is 17.6. The first kappa shape index (κ1) is 13.5. The van der Waals surface area contributed by atoms with Crippen molar-refractivity contribution >= 4 is 22.9 Å². The smallest absolute Gasteiger partial charge is 0.253 e. The van der Waals surface area contributed by atoms with Gasteiger partial charge in [0.2, 0.25) is 0 Å². The van der Waals surface area contributed by atoms with Crippen LogP contribution in [0.4, 0.5) is 5.69 Å². The van der Waals surface area contributed by atoms with Crippen molar-refractivity contribution in [3.63, 3.8) is 0 Å². The summed E-state index contributed by atoms with van der Waals surface area (Å²) in [5.74, 6) is -0.0850. The SMILES string of the molecule is CCc1cnc(CNC(=O)c2ccccc2NC)s1. The molecule has 2 rings (SSSR count). The molecule has 1 heterocycles. The molecule has 1 aromatic carbocycles. The highest BCUT2D eigenvalue weighted by atomic mass is 32.1. The minimum atomic E-state index is -0.0850. The molecule has 0 saturated carbocycles. The van der Waals surface area contributed by atoms with Gasteiger partial charge in [-0.2, -0.15) is 0 Å². The quantitative estimate of drug-likeness (QED) is 0.882. The molecule has 4 nitrogen and oxygen atoms in total. The molecular weight excluding hydrogens is 258 g/mol. The maximum absolute atomic E-state index is 12.1. The number of anilines is 1. The average Bonchev–Trinajstić information content (AvgIpc) is 2.92. The Morgan fingerprint density at radius 3 is 2.84 bits per heavy atom. The van der Waals surface area contributed by atoms with Crippen molar-refractivity contribution in [2.24, 2.45) is 0 Å². The molecule has 1 aromatic heterocycles. The van der Waals surface area contributed by atoms with E-state index < -0.39 is 0 Å². The summed E-state index contributed by atoms with van der Waals surface area (Å²) in [6.07, 6.45) is 2.85. The van der Waals surface area contributed by atoms with Gasteiger partial charge < -0.3 is 10.6 Å². The Labute approximate surface area is 116 Å². The summed E-state index contributed by atoms with van der Waals surface area (Å²) in [6, 6.07) is 7.44. The number of para-hydroxylation sites is 1. The van der Waals surface area contributed by atoms with E-state index in [0.29, 0.717) is 12.1 Å². The molecule has 0 unspecified atom stereocenters. The summed E-state index contributed by atoms with van der Waals surface area (Å²) in [5, 5.41) is 6.85. The second-order valence-corrected chi connectivity index (χ2v) is 5.25. The predicted molar refractivity (Wildman–Crippen MR) is 78.7 cm³/mol. The number of aryl methyl sites for hydroxylation is 1. The molecule has 0 bridgehead atoms. The fourth-order valence-corrected chi connectivity index (χ4v) is 2.55. The summed E-state index contributed by atoms with van der Waals surface area (Å²) in [5.41, 5.74) is 1.48. The standard InChI is InChI=1S/C14H17N3OS/c1-3-10-8-16-13(19-10)9-17-14(18)11-6-4-5-7-12(11)15-2/h4-8,15H,3,9H2,1-2H3,(H,17,18). The van der Waals surface area contributed by atoms with Crippen LogP contribution in [-0.4, -0.2) is 17.9 Å². The van der Waals surface area contributed by atoms with Gasteiger partial charge >= 0.3 is 0 Å². The third-order valence-corrected chi connectivity index (χ3v) is 3.93. The van der Waals surface area contributed by atoms with Crippen molar-refractivity contribution in [3.05, 3.63) is 45.9 Å². The minimum Gasteiger partial charge on any atom is -0.387 e. The Balaban J connectivity index is 2.01. The molecule has 2 aromatic rings. The number of carbonyl (C=O) groups is 1. The van der Waals surface area contributed by atoms with Gasteiger partial charge in [-0.05, 0) is 18.6 Å². The molecule has 0 spiro atoms. The molecule has 0 aliphatic carbocycles. The lowest BCUT2D eigenvalue weighted by Crippen LogP contribution is -2.23. The Morgan fingerprint density at radius 2 is 2.16 bits per heavy atom. The number of aromatic nitrogens is 1. The highest BCUT2D eigenvalue weighted by Crippen LogP contribution is 2.15. The van der Waals surface area contributed by atoms with E-state index in [1.54, 1.807) is 24.5 Å². The number of nitrogens with zero attached hydrogens (tertiary/aromatic N) is 1. The fraction of sp³-hybridized carbons (Fsp3) is 0.286. The zero-order valence-corrected chi connectivity index (χ0v) is 11.9. The van der Waals surface area contributed by atoms with Crippen LogP contribution >= 0.6 is 11.3 Å². The highest BCUT2D eigenvalue weighted by Gasteiger charge is 2.10. The summed E-state index contributed by atoms with van der Waals surface area (Å²) < 4.78 is 0. The van der Waals surface area contributed by atoms with E-state index in [0.717, 1.165) is 17.1 Å². The van der Waals surface area contributed by atoms with Crippen LogP contribution in [0.5, 0.6) is 0 Å². The predicted octanol–water partition coefficient (Wildman–Crippen LogP) is 2.68. The number of amides is 1. The second-order valence-electron chi connectivity index (χ2n) is 4.05. The summed E-state index contributed by atoms with van der Waals surface area (Å²) >= 11 is 1.64. The lowest BCUT2D eigenvalue weighted by Gasteiger charge is -2.08. The number of nitrogens with one attached hydrogen (secondary N) is 2. The third kappa shape index (κ3) is 3.32. The van der Waals surface area contributed by atoms with Gasteiger partial charge in [-0.15, -0.1) is 11.3 Å². The van der Waals surface area contributed by atoms with Gasteiger partial charge in [0.15, 0.2) is 0 Å². The lowest BCUT2D eigenvalue weighted by molar-refractivity contribution is 0.0951. The molecule has 0 aliphatic heterocycles. The largest absolute Gasteiger partial charge is 0.387 e. The topological polar surface area (TPSA) is 54.0 Å². The number of hydrogen-bond acceptors (Lipinski definition) is 4. The first-order chi connectivity index (χ1) is 9.24. The molecule has 0 atom stereocenters. The van der Waals surface area contributed by atoms with Crippen LogP contribution < -0.4 is 10.6 Å². The molecule has 1 amide bonds. The maximum atomic E-state index is 12.1. The van der Waals surface area contributed by atoms with Gasteiger partial charge in [0.1, 0.15) is 5.01 Å². The second kappa shape index (κ2) is 6.33. The number of carbonyl (C=O) groups excluding carboxylic acids is 1. The minimum absolute atomic E-state index is 0.0850. The van der Waals surface area contributed by atoms with Crippen LogP contribution in [0.1, 0.15) is 27.2 Å². The van der Waals surface area contributed by atoms with E-state index in [9.17, 15) is 4.79 Å². The van der Waals surface area contributed by atoms with Gasteiger partial charge in [0, 0.05) is 23.8 Å². The normalized spacial score (nSPS) is 10.2. The first-order valence-electron chi connectivity index (χ1n) is 6.23. The Morgan fingerprint density at radius 1 is 1.37 bits per heavy atom. The molecule has 0 aliphatic rings. The van der Waals surface area contributed by atoms with Crippen molar-refractivity contribution in [2.75, 3.05) is 12.4 Å². The molecule has 5 heteroatoms. The molecule has 100 valence electrons. The Kier molecular flexibility index (Phi) is 4.52. The molecule has 19 heavy (non-hydrogen) atoms. The fourth-order valence-electron chi connectivity index (χ4n) is 1.74. The van der Waals surface area contributed by atoms with Crippen molar-refractivity contribution in [3.8, 4) is 0 Å². The molecule has 0 saturated heterocycles. The van der Waals surface area contributed by atoms with E-state index in [1.807, 2.05) is 24.4 Å². The van der Waals surface area contributed by atoms with Gasteiger partial charge in [-0.1, -0.05) is 19.1 Å². The van der Waals surface area contributed by atoms with Crippen LogP contribution in [-0.2, 0) is 13.0 Å². The Hall–Kier alpha value is -1.88. The van der Waals surface area contributed by atoms with Gasteiger partial charge in [-0.3, -0.25) is 4.79 Å². The van der Waals surface area contributed by atoms with E-state index >= 15 is 0 Å². The molecule has 2 N–H and O–H groups in total. The zero-order valence-electron chi connectivity index (χ0n) is 11.1. The van der Waals surface area contributed by atoms with Crippen LogP contribution in [0.2, 0.25) is 0 Å². The first-order valence-corrected chi connectivity index (χ1v) is 7.04. The average molecular weight is 275 g/mol. The van der Waals surface area contributed by atoms with Crippen LogP contribution in [0.3, 0.4) is 0 Å². The number of thiazole rings is 1. The van der Waals surface area contributed by atoms with E-state index in [2.05, 4.69) is 22.5 Å². The molecule has 0 radical (unpaired) electrons. The Bertz CT molecular complexity index is 565. The van der Waals surface area contributed by atoms with E-state index in [4.69, 9.17) is 0 Å². The van der Waals surface area contributed by atoms with Crippen molar-refractivity contribution in [1.82, 2.24) is 10.3 Å². The van der Waals surface area contributed by atoms with E-state index in [1.165, 1.54) is 4.88 Å². The summed E-state index contributed by atoms with van der Waals surface area (Å²) in [6.45, 7) is 2.57. The van der Waals surface area contributed by atoms with Gasteiger partial charge in [-0.25, -0.2) is 4.98 Å². The molecule has 0 fully saturated rings.